The van der Waals surface area contributed by atoms with Crippen molar-refractivity contribution in [3.8, 4) is 0 Å². The minimum absolute atomic E-state index is 0.222. The van der Waals surface area contributed by atoms with Gasteiger partial charge in [-0.2, -0.15) is 0 Å². The molecule has 2 aromatic rings. The molecule has 0 fully saturated rings. The van der Waals surface area contributed by atoms with E-state index in [-0.39, 0.29) is 5.82 Å². The van der Waals surface area contributed by atoms with Crippen molar-refractivity contribution in [3.63, 3.8) is 0 Å². The number of alkyl halides is 1. The van der Waals surface area contributed by atoms with Gasteiger partial charge in [-0.15, -0.1) is 0 Å². The molecule has 2 rings (SSSR count). The molecule has 0 heterocycles. The molecule has 0 bridgehead atoms. The third kappa shape index (κ3) is 3.89. The van der Waals surface area contributed by atoms with Crippen LogP contribution in [0.4, 0.5) is 4.39 Å². The molecule has 19 heavy (non-hydrogen) atoms. The highest BCUT2D eigenvalue weighted by Gasteiger charge is 2.14. The maximum absolute atomic E-state index is 13.2. The maximum Gasteiger partial charge on any atom is 0.137 e. The average Bonchev–Trinajstić information content (AvgIpc) is 2.41. The summed E-state index contributed by atoms with van der Waals surface area (Å²) in [5, 5.41) is 0.866. The van der Waals surface area contributed by atoms with Gasteiger partial charge in [-0.3, -0.25) is 0 Å². The second-order valence-electron chi connectivity index (χ2n) is 4.33. The summed E-state index contributed by atoms with van der Waals surface area (Å²) in [6.45, 7) is 0. The molecule has 0 spiro atoms. The van der Waals surface area contributed by atoms with Gasteiger partial charge in [0.15, 0.2) is 0 Å². The molecule has 0 amide bonds. The molecule has 0 saturated heterocycles. The lowest BCUT2D eigenvalue weighted by molar-refractivity contribution is 0.619. The van der Waals surface area contributed by atoms with Crippen molar-refractivity contribution in [2.24, 2.45) is 0 Å². The first-order chi connectivity index (χ1) is 9.11. The summed E-state index contributed by atoms with van der Waals surface area (Å²) < 4.78 is 14.9. The zero-order valence-corrected chi connectivity index (χ0v) is 14.8. The average molecular weight is 451 g/mol. The molecule has 0 N–H and O–H groups in total. The van der Waals surface area contributed by atoms with Crippen molar-refractivity contribution in [1.29, 1.82) is 0 Å². The van der Waals surface area contributed by atoms with Gasteiger partial charge in [-0.25, -0.2) is 4.39 Å². The van der Waals surface area contributed by atoms with Crippen LogP contribution >= 0.6 is 47.8 Å². The van der Waals surface area contributed by atoms with E-state index in [1.54, 1.807) is 0 Å². The van der Waals surface area contributed by atoms with Crippen molar-refractivity contribution < 1.29 is 4.39 Å². The van der Waals surface area contributed by atoms with E-state index in [0.29, 0.717) is 10.4 Å². The van der Waals surface area contributed by atoms with E-state index in [0.717, 1.165) is 21.8 Å². The Balaban J connectivity index is 2.24. The zero-order chi connectivity index (χ0) is 13.8. The van der Waals surface area contributed by atoms with E-state index >= 15 is 0 Å². The van der Waals surface area contributed by atoms with Gasteiger partial charge in [0.1, 0.15) is 5.82 Å². The SMILES string of the molecule is Fc1ccc(CC(CBr)c2ccccc2Br)cc1Br. The predicted octanol–water partition coefficient (Wildman–Crippen LogP) is 6.07. The van der Waals surface area contributed by atoms with Gasteiger partial charge < -0.3 is 0 Å². The third-order valence-corrected chi connectivity index (χ3v) is 5.11. The van der Waals surface area contributed by atoms with Crippen LogP contribution in [0.1, 0.15) is 17.0 Å². The zero-order valence-electron chi connectivity index (χ0n) is 10.0. The summed E-state index contributed by atoms with van der Waals surface area (Å²) in [6.07, 6.45) is 0.868. The van der Waals surface area contributed by atoms with Crippen molar-refractivity contribution in [3.05, 3.63) is 68.4 Å². The smallest absolute Gasteiger partial charge is 0.137 e. The predicted molar refractivity (Wildman–Crippen MR) is 88.5 cm³/mol. The maximum atomic E-state index is 13.2. The summed E-state index contributed by atoms with van der Waals surface area (Å²) >= 11 is 10.4. The molecule has 0 radical (unpaired) electrons. The summed E-state index contributed by atoms with van der Waals surface area (Å²) in [7, 11) is 0. The lowest BCUT2D eigenvalue weighted by Gasteiger charge is -2.16. The van der Waals surface area contributed by atoms with Crippen LogP contribution in [-0.2, 0) is 6.42 Å². The first-order valence-electron chi connectivity index (χ1n) is 5.86. The highest BCUT2D eigenvalue weighted by Crippen LogP contribution is 2.30. The molecule has 0 aliphatic heterocycles. The van der Waals surface area contributed by atoms with Gasteiger partial charge in [0, 0.05) is 9.80 Å². The molecule has 1 unspecified atom stereocenters. The van der Waals surface area contributed by atoms with Crippen molar-refractivity contribution in [1.82, 2.24) is 0 Å². The molecule has 0 aliphatic rings. The molecular weight excluding hydrogens is 439 g/mol. The number of benzene rings is 2. The monoisotopic (exact) mass is 448 g/mol. The van der Waals surface area contributed by atoms with E-state index in [1.165, 1.54) is 11.6 Å². The minimum Gasteiger partial charge on any atom is -0.206 e. The summed E-state index contributed by atoms with van der Waals surface area (Å²) in [5.74, 6) is 0.132. The van der Waals surface area contributed by atoms with Crippen LogP contribution < -0.4 is 0 Å². The molecular formula is C15H12Br3F. The van der Waals surface area contributed by atoms with Crippen molar-refractivity contribution >= 4 is 47.8 Å². The standard InChI is InChI=1S/C15H12Br3F/c16-9-11(12-3-1-2-4-13(12)17)7-10-5-6-15(19)14(18)8-10/h1-6,8,11H,7,9H2. The molecule has 1 atom stereocenters. The van der Waals surface area contributed by atoms with Gasteiger partial charge in [0.05, 0.1) is 4.47 Å². The summed E-state index contributed by atoms with van der Waals surface area (Å²) in [6, 6.07) is 13.4. The second kappa shape index (κ2) is 7.00. The largest absolute Gasteiger partial charge is 0.206 e. The highest BCUT2D eigenvalue weighted by atomic mass is 79.9. The van der Waals surface area contributed by atoms with Crippen LogP contribution in [0, 0.1) is 5.82 Å². The van der Waals surface area contributed by atoms with E-state index in [4.69, 9.17) is 0 Å². The summed E-state index contributed by atoms with van der Waals surface area (Å²) in [4.78, 5) is 0. The molecule has 0 nitrogen and oxygen atoms in total. The fraction of sp³-hybridized carbons (Fsp3) is 0.200. The molecule has 0 saturated carbocycles. The van der Waals surface area contributed by atoms with Crippen LogP contribution in [0.25, 0.3) is 0 Å². The van der Waals surface area contributed by atoms with Gasteiger partial charge in [0.2, 0.25) is 0 Å². The number of rotatable bonds is 4. The van der Waals surface area contributed by atoms with Crippen LogP contribution in [0.2, 0.25) is 0 Å². The molecule has 100 valence electrons. The van der Waals surface area contributed by atoms with Crippen molar-refractivity contribution in [2.45, 2.75) is 12.3 Å². The first-order valence-corrected chi connectivity index (χ1v) is 8.57. The van der Waals surface area contributed by atoms with Gasteiger partial charge >= 0.3 is 0 Å². The number of hydrogen-bond acceptors (Lipinski definition) is 0. The van der Waals surface area contributed by atoms with Crippen LogP contribution in [0.3, 0.4) is 0 Å². The Morgan fingerprint density at radius 1 is 1.00 bits per heavy atom. The molecule has 2 aromatic carbocycles. The molecule has 0 aliphatic carbocycles. The van der Waals surface area contributed by atoms with Crippen LogP contribution in [-0.4, -0.2) is 5.33 Å². The second-order valence-corrected chi connectivity index (χ2v) is 6.68. The summed E-state index contributed by atoms with van der Waals surface area (Å²) in [5.41, 5.74) is 2.38. The van der Waals surface area contributed by atoms with E-state index < -0.39 is 0 Å². The van der Waals surface area contributed by atoms with E-state index in [1.807, 2.05) is 30.3 Å². The highest BCUT2D eigenvalue weighted by molar-refractivity contribution is 9.11. The van der Waals surface area contributed by atoms with Gasteiger partial charge in [-0.05, 0) is 57.6 Å². The topological polar surface area (TPSA) is 0 Å². The fourth-order valence-electron chi connectivity index (χ4n) is 2.00. The quantitative estimate of drug-likeness (QED) is 0.496. The van der Waals surface area contributed by atoms with Crippen LogP contribution in [0.5, 0.6) is 0 Å². The fourth-order valence-corrected chi connectivity index (χ4v) is 3.62. The Kier molecular flexibility index (Phi) is 5.60. The molecule has 4 heteroatoms. The Morgan fingerprint density at radius 3 is 2.37 bits per heavy atom. The van der Waals surface area contributed by atoms with Crippen molar-refractivity contribution in [2.75, 3.05) is 5.33 Å². The minimum atomic E-state index is -0.222. The lowest BCUT2D eigenvalue weighted by Crippen LogP contribution is -2.05. The Morgan fingerprint density at radius 2 is 1.74 bits per heavy atom. The van der Waals surface area contributed by atoms with Crippen LogP contribution in [0.15, 0.2) is 51.4 Å². The normalized spacial score (nSPS) is 12.4. The van der Waals surface area contributed by atoms with Gasteiger partial charge in [-0.1, -0.05) is 56.1 Å². The Labute approximate surface area is 137 Å². The number of hydrogen-bond donors (Lipinski definition) is 0. The van der Waals surface area contributed by atoms with E-state index in [9.17, 15) is 4.39 Å². The van der Waals surface area contributed by atoms with E-state index in [2.05, 4.69) is 53.9 Å². The lowest BCUT2D eigenvalue weighted by atomic mass is 9.94. The third-order valence-electron chi connectivity index (χ3n) is 3.00. The van der Waals surface area contributed by atoms with Gasteiger partial charge in [0.25, 0.3) is 0 Å². The molecule has 0 aromatic heterocycles. The number of halogens is 4. The Bertz CT molecular complexity index is 569. The first kappa shape index (κ1) is 15.2. The Hall–Kier alpha value is -0.190.